The van der Waals surface area contributed by atoms with Crippen molar-refractivity contribution in [3.63, 3.8) is 0 Å². The summed E-state index contributed by atoms with van der Waals surface area (Å²) in [6, 6.07) is 9.23. The van der Waals surface area contributed by atoms with Gasteiger partial charge >= 0.3 is 53.7 Å². The zero-order valence-corrected chi connectivity index (χ0v) is 60.2. The SMILES string of the molecule is O=C(C[C@@H]1[C@@H](OC(=O)c2cc(O)c(O)c(OC(=O)c3cc(O)c(O)c(O)c3)c2)[C@@H](OC(=O)c2cc(O)c(O)c(OC(=O)c3cc(O)c(O)c(O)c3)c2)O[C@H](COC(=O)c2cc(O)c(O)c(OC(=O)c3cc(O)c(O)c(O)c3)c2)[C@H]1OC(=O)c1cc(O)c(O)c(OC(=O)c2cc(O)c(O)c(O)c2)c1)c1cc(O)c(O)c(OC(=O)c2cc(O)c(O)c(O)c2)c1. The van der Waals surface area contributed by atoms with Crippen LogP contribution in [0.15, 0.2) is 121 Å². The lowest BCUT2D eigenvalue weighted by Gasteiger charge is -2.44. The first-order chi connectivity index (χ1) is 57.4. The van der Waals surface area contributed by atoms with Crippen molar-refractivity contribution in [1.29, 1.82) is 0 Å². The molecule has 632 valence electrons. The van der Waals surface area contributed by atoms with E-state index in [0.29, 0.717) is 121 Å². The second-order valence-electron chi connectivity index (χ2n) is 25.6. The van der Waals surface area contributed by atoms with Crippen LogP contribution < -0.4 is 23.7 Å². The van der Waals surface area contributed by atoms with Gasteiger partial charge in [0.1, 0.15) is 18.8 Å². The van der Waals surface area contributed by atoms with Crippen molar-refractivity contribution >= 4 is 59.5 Å². The van der Waals surface area contributed by atoms with E-state index in [0.717, 1.165) is 0 Å². The highest BCUT2D eigenvalue weighted by atomic mass is 16.7. The topological polar surface area (TPSA) is 769 Å². The number of carbonyl (C=O) groups is 10. The minimum atomic E-state index is -2.99. The average Bonchev–Trinajstić information content (AvgIpc) is 0.762. The molecule has 5 atom stereocenters. The average molecular weight is 1700 g/mol. The summed E-state index contributed by atoms with van der Waals surface area (Å²) in [7, 11) is 0. The molecule has 0 bridgehead atoms. The highest BCUT2D eigenvalue weighted by molar-refractivity contribution is 6.01. The molecule has 10 aromatic rings. The van der Waals surface area contributed by atoms with Crippen molar-refractivity contribution in [2.24, 2.45) is 5.92 Å². The first-order valence-corrected chi connectivity index (χ1v) is 33.5. The largest absolute Gasteiger partial charge is 0.504 e. The van der Waals surface area contributed by atoms with E-state index in [1.807, 2.05) is 0 Å². The van der Waals surface area contributed by atoms with Gasteiger partial charge in [0.15, 0.2) is 156 Å². The van der Waals surface area contributed by atoms with Gasteiger partial charge < -0.3 is 175 Å². The van der Waals surface area contributed by atoms with Gasteiger partial charge in [0.2, 0.25) is 35.0 Å². The Morgan fingerprint density at radius 3 is 0.680 bits per heavy atom. The van der Waals surface area contributed by atoms with E-state index in [-0.39, 0.29) is 0 Å². The van der Waals surface area contributed by atoms with Gasteiger partial charge in [-0.25, -0.2) is 43.2 Å². The summed E-state index contributed by atoms with van der Waals surface area (Å²) in [5.74, 6) is -57.0. The normalized spacial score (nSPS) is 14.7. The molecule has 1 aliphatic rings. The Morgan fingerprint density at radius 1 is 0.230 bits per heavy atom. The van der Waals surface area contributed by atoms with Crippen LogP contribution in [-0.2, 0) is 23.7 Å². The van der Waals surface area contributed by atoms with Crippen molar-refractivity contribution in [3.05, 3.63) is 177 Å². The number of Topliss-reactive ketones (excluding diaryl/α,β-unsaturated/α-hetero) is 1. The lowest BCUT2D eigenvalue weighted by molar-refractivity contribution is -0.270. The Hall–Kier alpha value is -17.9. The second-order valence-corrected chi connectivity index (χ2v) is 25.6. The smallest absolute Gasteiger partial charge is 0.343 e. The quantitative estimate of drug-likeness (QED) is 0.0131. The molecule has 1 saturated heterocycles. The fourth-order valence-corrected chi connectivity index (χ4v) is 11.3. The van der Waals surface area contributed by atoms with E-state index in [1.54, 1.807) is 0 Å². The van der Waals surface area contributed by atoms with Crippen LogP contribution >= 0.6 is 0 Å². The van der Waals surface area contributed by atoms with E-state index in [1.165, 1.54) is 0 Å². The third-order valence-corrected chi connectivity index (χ3v) is 17.4. The minimum Gasteiger partial charge on any atom is -0.504 e. The van der Waals surface area contributed by atoms with Crippen LogP contribution in [0.3, 0.4) is 0 Å². The molecule has 11 rings (SSSR count). The van der Waals surface area contributed by atoms with Crippen molar-refractivity contribution in [3.8, 4) is 172 Å². The molecule has 0 unspecified atom stereocenters. The highest BCUT2D eigenvalue weighted by Crippen LogP contribution is 2.48. The fourth-order valence-electron chi connectivity index (χ4n) is 11.3. The van der Waals surface area contributed by atoms with E-state index in [4.69, 9.17) is 47.4 Å². The number of rotatable bonds is 22. The molecule has 45 nitrogen and oxygen atoms in total. The maximum atomic E-state index is 15.5. The lowest BCUT2D eigenvalue weighted by atomic mass is 9.83. The van der Waals surface area contributed by atoms with E-state index >= 15 is 19.2 Å². The van der Waals surface area contributed by atoms with Gasteiger partial charge in [-0.2, -0.15) is 0 Å². The Labute approximate surface area is 673 Å². The monoisotopic (exact) mass is 1700 g/mol. The van der Waals surface area contributed by atoms with Gasteiger partial charge in [-0.05, 0) is 121 Å². The van der Waals surface area contributed by atoms with Crippen LogP contribution in [0.2, 0.25) is 0 Å². The number of phenols is 25. The van der Waals surface area contributed by atoms with Gasteiger partial charge in [0, 0.05) is 17.9 Å². The summed E-state index contributed by atoms with van der Waals surface area (Å²) in [4.78, 5) is 143. The Morgan fingerprint density at radius 2 is 0.426 bits per heavy atom. The Kier molecular flexibility index (Phi) is 23.3. The number of esters is 9. The van der Waals surface area contributed by atoms with E-state index < -0.39 is 331 Å². The third-order valence-electron chi connectivity index (χ3n) is 17.4. The van der Waals surface area contributed by atoms with Crippen LogP contribution in [0, 0.1) is 5.92 Å². The van der Waals surface area contributed by atoms with Crippen LogP contribution in [-0.4, -0.2) is 218 Å². The number of hydrogen-bond acceptors (Lipinski definition) is 45. The second kappa shape index (κ2) is 33.5. The van der Waals surface area contributed by atoms with Crippen molar-refractivity contribution in [2.75, 3.05) is 6.61 Å². The summed E-state index contributed by atoms with van der Waals surface area (Å²) in [6.45, 7) is -1.63. The number of phenolic OH excluding ortho intramolecular Hbond substituents is 25. The molecule has 122 heavy (non-hydrogen) atoms. The van der Waals surface area contributed by atoms with Gasteiger partial charge in [0.25, 0.3) is 0 Å². The summed E-state index contributed by atoms with van der Waals surface area (Å²) in [6.07, 6.45) is -12.9. The number of ether oxygens (including phenoxy) is 10. The number of hydrogen-bond donors (Lipinski definition) is 25. The molecule has 1 heterocycles. The molecule has 0 saturated carbocycles. The van der Waals surface area contributed by atoms with Crippen LogP contribution in [0.25, 0.3) is 0 Å². The molecular formula is C77H54O45. The molecule has 45 heteroatoms. The van der Waals surface area contributed by atoms with E-state index in [2.05, 4.69) is 0 Å². The zero-order valence-electron chi connectivity index (χ0n) is 60.2. The molecule has 1 fully saturated rings. The van der Waals surface area contributed by atoms with Gasteiger partial charge in [-0.3, -0.25) is 4.79 Å². The molecule has 0 aliphatic carbocycles. The van der Waals surface area contributed by atoms with Gasteiger partial charge in [-0.15, -0.1) is 0 Å². The van der Waals surface area contributed by atoms with Crippen molar-refractivity contribution in [1.82, 2.24) is 0 Å². The molecule has 0 amide bonds. The van der Waals surface area contributed by atoms with E-state index in [9.17, 15) is 156 Å². The molecule has 25 N–H and O–H groups in total. The number of aromatic hydroxyl groups is 25. The predicted molar refractivity (Wildman–Crippen MR) is 386 cm³/mol. The van der Waals surface area contributed by atoms with Crippen LogP contribution in [0.1, 0.15) is 110 Å². The maximum Gasteiger partial charge on any atom is 0.343 e. The summed E-state index contributed by atoms with van der Waals surface area (Å²) in [5.41, 5.74) is -9.39. The molecule has 0 spiro atoms. The van der Waals surface area contributed by atoms with Crippen LogP contribution in [0.4, 0.5) is 0 Å². The highest BCUT2D eigenvalue weighted by Gasteiger charge is 2.54. The minimum absolute atomic E-state index is 0.342. The maximum absolute atomic E-state index is 15.5. The molecule has 10 aromatic carbocycles. The predicted octanol–water partition coefficient (Wildman–Crippen LogP) is 5.50. The summed E-state index contributed by atoms with van der Waals surface area (Å²) in [5, 5.41) is 262. The van der Waals surface area contributed by atoms with Gasteiger partial charge in [0.05, 0.1) is 50.1 Å². The van der Waals surface area contributed by atoms with Crippen molar-refractivity contribution < 1.29 is 223 Å². The first kappa shape index (κ1) is 85.0. The summed E-state index contributed by atoms with van der Waals surface area (Å²) >= 11 is 0. The Balaban J connectivity index is 1.09. The number of carbonyl (C=O) groups excluding carboxylic acids is 10. The molecule has 1 aliphatic heterocycles. The molecule has 0 aromatic heterocycles. The van der Waals surface area contributed by atoms with Crippen molar-refractivity contribution in [2.45, 2.75) is 31.0 Å². The molecule has 0 radical (unpaired) electrons. The molecular weight excluding hydrogens is 1640 g/mol. The first-order valence-electron chi connectivity index (χ1n) is 33.5. The van der Waals surface area contributed by atoms with Crippen LogP contribution in [0.5, 0.6) is 172 Å². The number of ketones is 1. The fraction of sp³-hybridized carbons (Fsp3) is 0.0909. The third kappa shape index (κ3) is 17.6. The number of benzene rings is 10. The lowest BCUT2D eigenvalue weighted by Crippen LogP contribution is -2.59. The zero-order chi connectivity index (χ0) is 89.4. The van der Waals surface area contributed by atoms with Gasteiger partial charge in [-0.1, -0.05) is 0 Å². The summed E-state index contributed by atoms with van der Waals surface area (Å²) < 4.78 is 55.1. The Bertz CT molecular complexity index is 5970. The standard InChI is InChI=1S/C77H54O45/c78-34(23-1-45(89)61(99)50(16-23)114-69(105)24-2-35(79)56(94)36(80)3-24)21-33-66(120-74(110)30-13-47(91)63(101)52(18-30)116-71(107)26-6-39(83)58(96)40(84)7-26)55(22-113-68(104)29-12-46(90)62(100)51(17-29)115-70(106)25-4-37(81)57(95)38(82)5-25)119-77(122-76(112)32-15-49(93)65(103)54(20-32)118-73(109)28-10-43(87)60(98)44(88)11-28)67(33)121-75(111)31-14-48(92)64(102)53(19-31)117-72(108)27-8-41(85)59(97)42(86)9-27/h1-20,33,55,66-67,77,79-103H,21-22H2/t33-,55+,66-,67+,77+/m0/s1.